The van der Waals surface area contributed by atoms with Crippen LogP contribution in [0.1, 0.15) is 27.7 Å². The molecule has 0 unspecified atom stereocenters. The van der Waals surface area contributed by atoms with Crippen LogP contribution in [0.15, 0.2) is 47.5 Å². The maximum absolute atomic E-state index is 12.0. The smallest absolute Gasteiger partial charge is 0.348 e. The highest BCUT2D eigenvalue weighted by molar-refractivity contribution is 6.15. The standard InChI is InChI=1S/C18H20O8/c1-17(2)23-13(19)11(14(20)24-17)9-7-6-8-10-12-15(21)25-18(3,4)26-16(12)22-5/h6-10H,1-5H3. The second kappa shape index (κ2) is 7.07. The van der Waals surface area contributed by atoms with Gasteiger partial charge in [0.1, 0.15) is 11.1 Å². The van der Waals surface area contributed by atoms with Crippen molar-refractivity contribution in [1.82, 2.24) is 0 Å². The molecule has 0 aromatic carbocycles. The number of cyclic esters (lactones) is 3. The highest BCUT2D eigenvalue weighted by atomic mass is 16.8. The Morgan fingerprint density at radius 3 is 1.88 bits per heavy atom. The summed E-state index contributed by atoms with van der Waals surface area (Å²) in [6.07, 6.45) is 7.11. The highest BCUT2D eigenvalue weighted by Gasteiger charge is 2.38. The summed E-state index contributed by atoms with van der Waals surface area (Å²) in [7, 11) is 1.37. The topological polar surface area (TPSA) is 97.4 Å². The van der Waals surface area contributed by atoms with Gasteiger partial charge < -0.3 is 23.7 Å². The molecule has 0 amide bonds. The van der Waals surface area contributed by atoms with Crippen molar-refractivity contribution in [3.8, 4) is 0 Å². The zero-order chi connectivity index (χ0) is 19.5. The van der Waals surface area contributed by atoms with Gasteiger partial charge in [-0.1, -0.05) is 18.2 Å². The van der Waals surface area contributed by atoms with Crippen molar-refractivity contribution in [3.05, 3.63) is 47.5 Å². The van der Waals surface area contributed by atoms with Gasteiger partial charge in [0, 0.05) is 27.7 Å². The van der Waals surface area contributed by atoms with E-state index in [9.17, 15) is 14.4 Å². The van der Waals surface area contributed by atoms with Crippen LogP contribution in [0.3, 0.4) is 0 Å². The van der Waals surface area contributed by atoms with E-state index in [0.29, 0.717) is 0 Å². The number of allylic oxidation sites excluding steroid dienone is 4. The lowest BCUT2D eigenvalue weighted by atomic mass is 10.2. The molecule has 2 rings (SSSR count). The molecule has 0 N–H and O–H groups in total. The van der Waals surface area contributed by atoms with E-state index in [-0.39, 0.29) is 17.1 Å². The van der Waals surface area contributed by atoms with Crippen LogP contribution in [0.25, 0.3) is 0 Å². The SMILES string of the molecule is COC1=C(C=CC=CC=C2C(=O)OC(C)(C)OC2=O)C(=O)OC(C)(C)O1. The summed E-state index contributed by atoms with van der Waals surface area (Å²) >= 11 is 0. The van der Waals surface area contributed by atoms with Gasteiger partial charge in [-0.2, -0.15) is 0 Å². The average molecular weight is 364 g/mol. The van der Waals surface area contributed by atoms with Crippen molar-refractivity contribution in [2.75, 3.05) is 7.11 Å². The molecule has 0 aromatic rings. The van der Waals surface area contributed by atoms with Crippen LogP contribution in [-0.4, -0.2) is 36.6 Å². The van der Waals surface area contributed by atoms with Gasteiger partial charge in [-0.05, 0) is 12.2 Å². The Balaban J connectivity index is 2.10. The van der Waals surface area contributed by atoms with Crippen molar-refractivity contribution >= 4 is 17.9 Å². The van der Waals surface area contributed by atoms with Gasteiger partial charge in [0.25, 0.3) is 17.5 Å². The Bertz CT molecular complexity index is 727. The normalized spacial score (nSPS) is 22.0. The summed E-state index contributed by atoms with van der Waals surface area (Å²) in [4.78, 5) is 35.5. The number of carbonyl (C=O) groups excluding carboxylic acids is 3. The Kier molecular flexibility index (Phi) is 5.25. The molecule has 2 heterocycles. The average Bonchev–Trinajstić information content (AvgIpc) is 2.48. The molecule has 26 heavy (non-hydrogen) atoms. The molecule has 0 aromatic heterocycles. The molecular formula is C18H20O8. The summed E-state index contributed by atoms with van der Waals surface area (Å²) in [6, 6.07) is 0. The summed E-state index contributed by atoms with van der Waals surface area (Å²) in [6.45, 7) is 6.10. The third-order valence-corrected chi connectivity index (χ3v) is 3.17. The first-order chi connectivity index (χ1) is 12.0. The number of methoxy groups -OCH3 is 1. The first-order valence-corrected chi connectivity index (χ1v) is 7.77. The molecule has 0 radical (unpaired) electrons. The van der Waals surface area contributed by atoms with Crippen LogP contribution in [0.2, 0.25) is 0 Å². The Hall–Kier alpha value is -3.03. The van der Waals surface area contributed by atoms with Crippen molar-refractivity contribution in [2.24, 2.45) is 0 Å². The summed E-state index contributed by atoms with van der Waals surface area (Å²) in [5.74, 6) is -4.49. The van der Waals surface area contributed by atoms with E-state index >= 15 is 0 Å². The number of esters is 3. The minimum Gasteiger partial charge on any atom is -0.468 e. The number of hydrogen-bond donors (Lipinski definition) is 0. The summed E-state index contributed by atoms with van der Waals surface area (Å²) < 4.78 is 25.5. The largest absolute Gasteiger partial charge is 0.468 e. The fourth-order valence-corrected chi connectivity index (χ4v) is 2.11. The van der Waals surface area contributed by atoms with Crippen LogP contribution < -0.4 is 0 Å². The number of hydrogen-bond acceptors (Lipinski definition) is 8. The molecule has 0 atom stereocenters. The van der Waals surface area contributed by atoms with E-state index < -0.39 is 29.5 Å². The number of rotatable bonds is 4. The molecule has 2 aliphatic rings. The molecule has 2 aliphatic heterocycles. The minimum atomic E-state index is -1.28. The molecule has 8 nitrogen and oxygen atoms in total. The second-order valence-corrected chi connectivity index (χ2v) is 6.30. The van der Waals surface area contributed by atoms with Crippen molar-refractivity contribution in [2.45, 2.75) is 39.3 Å². The highest BCUT2D eigenvalue weighted by Crippen LogP contribution is 2.27. The quantitative estimate of drug-likeness (QED) is 0.323. The Morgan fingerprint density at radius 1 is 0.769 bits per heavy atom. The first kappa shape index (κ1) is 19.3. The predicted octanol–water partition coefficient (Wildman–Crippen LogP) is 2.03. The summed E-state index contributed by atoms with van der Waals surface area (Å²) in [5, 5.41) is 0. The van der Waals surface area contributed by atoms with E-state index in [0.717, 1.165) is 0 Å². The Labute approximate surface area is 150 Å². The lowest BCUT2D eigenvalue weighted by molar-refractivity contribution is -0.224. The van der Waals surface area contributed by atoms with Crippen LogP contribution >= 0.6 is 0 Å². The summed E-state index contributed by atoms with van der Waals surface area (Å²) in [5.41, 5.74) is -0.129. The molecule has 8 heteroatoms. The third kappa shape index (κ3) is 4.53. The van der Waals surface area contributed by atoms with Gasteiger partial charge in [0.2, 0.25) is 0 Å². The Morgan fingerprint density at radius 2 is 1.31 bits per heavy atom. The van der Waals surface area contributed by atoms with Gasteiger partial charge >= 0.3 is 17.9 Å². The van der Waals surface area contributed by atoms with Gasteiger partial charge in [-0.25, -0.2) is 14.4 Å². The number of carbonyl (C=O) groups is 3. The lowest BCUT2D eigenvalue weighted by Crippen LogP contribution is -2.41. The van der Waals surface area contributed by atoms with Crippen LogP contribution in [0, 0.1) is 0 Å². The lowest BCUT2D eigenvalue weighted by Gasteiger charge is -2.31. The van der Waals surface area contributed by atoms with Crippen LogP contribution in [0.5, 0.6) is 0 Å². The fraction of sp³-hybridized carbons (Fsp3) is 0.389. The maximum atomic E-state index is 12.0. The fourth-order valence-electron chi connectivity index (χ4n) is 2.11. The molecule has 140 valence electrons. The van der Waals surface area contributed by atoms with E-state index in [1.165, 1.54) is 51.3 Å². The van der Waals surface area contributed by atoms with Gasteiger partial charge in [0.15, 0.2) is 0 Å². The van der Waals surface area contributed by atoms with Gasteiger partial charge in [-0.15, -0.1) is 0 Å². The molecule has 0 spiro atoms. The van der Waals surface area contributed by atoms with E-state index in [2.05, 4.69) is 0 Å². The maximum Gasteiger partial charge on any atom is 0.348 e. The minimum absolute atomic E-state index is 0.0379. The van der Waals surface area contributed by atoms with Gasteiger partial charge in [0.05, 0.1) is 7.11 Å². The predicted molar refractivity (Wildman–Crippen MR) is 87.9 cm³/mol. The molecule has 1 saturated heterocycles. The van der Waals surface area contributed by atoms with Crippen LogP contribution in [-0.2, 0) is 38.1 Å². The van der Waals surface area contributed by atoms with Gasteiger partial charge in [-0.3, -0.25) is 0 Å². The molecule has 0 saturated carbocycles. The zero-order valence-corrected chi connectivity index (χ0v) is 15.2. The monoisotopic (exact) mass is 364 g/mol. The third-order valence-electron chi connectivity index (χ3n) is 3.17. The van der Waals surface area contributed by atoms with Crippen molar-refractivity contribution < 1.29 is 38.1 Å². The molecule has 1 fully saturated rings. The van der Waals surface area contributed by atoms with Crippen molar-refractivity contribution in [3.63, 3.8) is 0 Å². The van der Waals surface area contributed by atoms with E-state index in [1.54, 1.807) is 13.8 Å². The second-order valence-electron chi connectivity index (χ2n) is 6.30. The molecule has 0 bridgehead atoms. The van der Waals surface area contributed by atoms with Crippen LogP contribution in [0.4, 0.5) is 0 Å². The number of ether oxygens (including phenoxy) is 5. The van der Waals surface area contributed by atoms with Crippen molar-refractivity contribution in [1.29, 1.82) is 0 Å². The molecule has 0 aliphatic carbocycles. The molecular weight excluding hydrogens is 344 g/mol. The van der Waals surface area contributed by atoms with E-state index in [4.69, 9.17) is 23.7 Å². The van der Waals surface area contributed by atoms with E-state index in [1.807, 2.05) is 0 Å². The zero-order valence-electron chi connectivity index (χ0n) is 15.2. The first-order valence-electron chi connectivity index (χ1n) is 7.77.